The third kappa shape index (κ3) is 12.9. The summed E-state index contributed by atoms with van der Waals surface area (Å²) in [7, 11) is 0. The number of hydrogen-bond donors (Lipinski definition) is 3. The second-order valence-electron chi connectivity index (χ2n) is 15.1. The van der Waals surface area contributed by atoms with Crippen LogP contribution in [0.2, 0.25) is 0 Å². The number of nitrogens with one attached hydrogen (secondary N) is 3. The van der Waals surface area contributed by atoms with E-state index in [9.17, 15) is 14.4 Å². The van der Waals surface area contributed by atoms with E-state index >= 15 is 0 Å². The molecule has 1 aromatic heterocycles. The molecule has 9 heteroatoms. The normalized spacial score (nSPS) is 12.1. The van der Waals surface area contributed by atoms with Crippen LogP contribution in [-0.2, 0) is 26.3 Å². The Kier molecular flexibility index (Phi) is 16.8. The van der Waals surface area contributed by atoms with Gasteiger partial charge in [0.05, 0.1) is 12.0 Å². The Labute approximate surface area is 322 Å². The number of carbonyl (C=O) groups is 3. The first-order valence-corrected chi connectivity index (χ1v) is 19.9. The van der Waals surface area contributed by atoms with Crippen molar-refractivity contribution in [1.82, 2.24) is 25.5 Å². The van der Waals surface area contributed by atoms with Crippen LogP contribution in [0.3, 0.4) is 0 Å². The molecule has 0 saturated heterocycles. The topological polar surface area (TPSA) is 114 Å². The van der Waals surface area contributed by atoms with Crippen molar-refractivity contribution in [3.05, 3.63) is 126 Å². The van der Waals surface area contributed by atoms with Crippen molar-refractivity contribution < 1.29 is 19.1 Å². The third-order valence-corrected chi connectivity index (χ3v) is 9.51. The highest BCUT2D eigenvalue weighted by atomic mass is 16.6. The van der Waals surface area contributed by atoms with Crippen molar-refractivity contribution in [2.24, 2.45) is 0 Å². The van der Waals surface area contributed by atoms with Gasteiger partial charge >= 0.3 is 6.09 Å². The number of carbonyl (C=O) groups excluding carboxylic acids is 3. The predicted molar refractivity (Wildman–Crippen MR) is 216 cm³/mol. The van der Waals surface area contributed by atoms with Crippen LogP contribution in [0.15, 0.2) is 104 Å². The van der Waals surface area contributed by atoms with Crippen LogP contribution >= 0.6 is 0 Å². The number of unbranched alkanes of at least 4 members (excludes halogenated alkanes) is 9. The first-order chi connectivity index (χ1) is 26.1. The maximum Gasteiger partial charge on any atom is 0.407 e. The van der Waals surface area contributed by atoms with Gasteiger partial charge in [0, 0.05) is 32.1 Å². The molecule has 0 radical (unpaired) electrons. The van der Waals surface area contributed by atoms with Gasteiger partial charge in [-0.1, -0.05) is 156 Å². The Hall–Kier alpha value is -4.92. The van der Waals surface area contributed by atoms with Gasteiger partial charge in [-0.15, -0.1) is 0 Å². The van der Waals surface area contributed by atoms with E-state index in [1.165, 1.54) is 44.9 Å². The SMILES string of the molecule is CCCCCCCCCCCCNC(=O)[C@H](Cc1cn(C(c2ccccc2)(c2ccccc2)c2ccccc2)cn1)NC(=O)CCNC(=O)OC(C)(C)C. The first-order valence-electron chi connectivity index (χ1n) is 19.9. The highest BCUT2D eigenvalue weighted by Gasteiger charge is 2.38. The van der Waals surface area contributed by atoms with E-state index in [4.69, 9.17) is 9.72 Å². The van der Waals surface area contributed by atoms with Gasteiger partial charge in [-0.25, -0.2) is 9.78 Å². The van der Waals surface area contributed by atoms with Crippen LogP contribution in [-0.4, -0.2) is 52.2 Å². The number of nitrogens with zero attached hydrogens (tertiary/aromatic N) is 2. The lowest BCUT2D eigenvalue weighted by molar-refractivity contribution is -0.129. The summed E-state index contributed by atoms with van der Waals surface area (Å²) in [5, 5.41) is 8.62. The summed E-state index contributed by atoms with van der Waals surface area (Å²) >= 11 is 0. The van der Waals surface area contributed by atoms with Crippen LogP contribution in [0.1, 0.15) is 121 Å². The number of rotatable bonds is 22. The minimum Gasteiger partial charge on any atom is -0.444 e. The van der Waals surface area contributed by atoms with Gasteiger partial charge in [0.2, 0.25) is 11.8 Å². The number of ether oxygens (including phenoxy) is 1. The summed E-state index contributed by atoms with van der Waals surface area (Å²) in [4.78, 5) is 43.9. The zero-order valence-corrected chi connectivity index (χ0v) is 32.8. The molecular formula is C45H61N5O4. The van der Waals surface area contributed by atoms with Gasteiger partial charge < -0.3 is 25.3 Å². The minimum absolute atomic E-state index is 0.00492. The number of imidazole rings is 1. The molecular weight excluding hydrogens is 675 g/mol. The summed E-state index contributed by atoms with van der Waals surface area (Å²) in [5.41, 5.74) is 2.44. The smallest absolute Gasteiger partial charge is 0.407 e. The van der Waals surface area contributed by atoms with E-state index < -0.39 is 23.3 Å². The molecule has 3 amide bonds. The highest BCUT2D eigenvalue weighted by molar-refractivity contribution is 5.88. The summed E-state index contributed by atoms with van der Waals surface area (Å²) < 4.78 is 7.40. The number of amides is 3. The van der Waals surface area contributed by atoms with Gasteiger partial charge in [-0.05, 0) is 43.9 Å². The van der Waals surface area contributed by atoms with E-state index in [0.29, 0.717) is 12.2 Å². The van der Waals surface area contributed by atoms with E-state index in [-0.39, 0.29) is 31.2 Å². The van der Waals surface area contributed by atoms with E-state index in [1.54, 1.807) is 20.8 Å². The summed E-state index contributed by atoms with van der Waals surface area (Å²) in [6.45, 7) is 8.20. The summed E-state index contributed by atoms with van der Waals surface area (Å²) in [5.74, 6) is -0.605. The fraction of sp³-hybridized carbons (Fsp3) is 0.467. The number of aromatic nitrogens is 2. The van der Waals surface area contributed by atoms with Crippen LogP contribution < -0.4 is 16.0 Å². The fourth-order valence-electron chi connectivity index (χ4n) is 6.86. The second kappa shape index (κ2) is 21.7. The lowest BCUT2D eigenvalue weighted by Gasteiger charge is -2.37. The van der Waals surface area contributed by atoms with Gasteiger partial charge in [0.15, 0.2) is 0 Å². The molecule has 4 rings (SSSR count). The maximum absolute atomic E-state index is 13.7. The fourth-order valence-corrected chi connectivity index (χ4v) is 6.86. The average molecular weight is 736 g/mol. The molecule has 0 unspecified atom stereocenters. The molecule has 54 heavy (non-hydrogen) atoms. The van der Waals surface area contributed by atoms with Crippen molar-refractivity contribution in [2.75, 3.05) is 13.1 Å². The number of benzene rings is 3. The van der Waals surface area contributed by atoms with Gasteiger partial charge in [-0.2, -0.15) is 0 Å². The average Bonchev–Trinajstić information content (AvgIpc) is 3.63. The van der Waals surface area contributed by atoms with Crippen LogP contribution in [0.4, 0.5) is 4.79 Å². The molecule has 0 spiro atoms. The Morgan fingerprint density at radius 2 is 1.19 bits per heavy atom. The van der Waals surface area contributed by atoms with Gasteiger partial charge in [0.25, 0.3) is 0 Å². The lowest BCUT2D eigenvalue weighted by Crippen LogP contribution is -2.49. The Morgan fingerprint density at radius 1 is 0.685 bits per heavy atom. The minimum atomic E-state index is -0.856. The Morgan fingerprint density at radius 3 is 1.69 bits per heavy atom. The molecule has 1 atom stereocenters. The summed E-state index contributed by atoms with van der Waals surface area (Å²) in [6.07, 6.45) is 15.5. The number of alkyl carbamates (subject to hydrolysis) is 1. The zero-order chi connectivity index (χ0) is 38.7. The molecule has 0 saturated carbocycles. The molecule has 0 fully saturated rings. The van der Waals surface area contributed by atoms with Gasteiger partial charge in [0.1, 0.15) is 17.2 Å². The number of hydrogen-bond acceptors (Lipinski definition) is 5. The molecule has 4 aromatic rings. The largest absolute Gasteiger partial charge is 0.444 e. The van der Waals surface area contributed by atoms with Crippen molar-refractivity contribution in [2.45, 2.75) is 122 Å². The van der Waals surface area contributed by atoms with Crippen molar-refractivity contribution in [1.29, 1.82) is 0 Å². The van der Waals surface area contributed by atoms with E-state index in [2.05, 4.69) is 63.8 Å². The van der Waals surface area contributed by atoms with Gasteiger partial charge in [-0.3, -0.25) is 9.59 Å². The summed E-state index contributed by atoms with van der Waals surface area (Å²) in [6, 6.07) is 30.1. The second-order valence-corrected chi connectivity index (χ2v) is 15.1. The predicted octanol–water partition coefficient (Wildman–Crippen LogP) is 8.70. The van der Waals surface area contributed by atoms with E-state index in [1.807, 2.05) is 67.1 Å². The monoisotopic (exact) mass is 735 g/mol. The molecule has 1 heterocycles. The third-order valence-electron chi connectivity index (χ3n) is 9.51. The van der Waals surface area contributed by atoms with Crippen LogP contribution in [0, 0.1) is 0 Å². The first kappa shape index (κ1) is 41.8. The molecule has 3 aromatic carbocycles. The molecule has 0 aliphatic carbocycles. The van der Waals surface area contributed by atoms with Crippen molar-refractivity contribution >= 4 is 17.9 Å². The molecule has 0 aliphatic rings. The molecule has 9 nitrogen and oxygen atoms in total. The standard InChI is InChI=1S/C45H61N5O4/c1-5-6-7-8-9-10-11-12-13-23-31-46-42(52)40(49-41(51)30-32-47-43(53)54-44(2,3)4)33-39-34-50(35-48-39)45(36-24-17-14-18-25-36,37-26-19-15-20-27-37)38-28-21-16-22-29-38/h14-22,24-29,34-35,40H,5-13,23,30-33H2,1-4H3,(H,46,52)(H,47,53)(H,49,51)/t40-/m0/s1. The molecule has 0 aliphatic heterocycles. The van der Waals surface area contributed by atoms with Crippen LogP contribution in [0.25, 0.3) is 0 Å². The van der Waals surface area contributed by atoms with Crippen molar-refractivity contribution in [3.8, 4) is 0 Å². The van der Waals surface area contributed by atoms with E-state index in [0.717, 1.165) is 36.0 Å². The molecule has 3 N–H and O–H groups in total. The quantitative estimate of drug-likeness (QED) is 0.0552. The highest BCUT2D eigenvalue weighted by Crippen LogP contribution is 2.40. The Bertz CT molecular complexity index is 1590. The molecule has 0 bridgehead atoms. The lowest BCUT2D eigenvalue weighted by atomic mass is 9.77. The molecule has 290 valence electrons. The Balaban J connectivity index is 1.50. The maximum atomic E-state index is 13.7. The van der Waals surface area contributed by atoms with Crippen molar-refractivity contribution in [3.63, 3.8) is 0 Å². The van der Waals surface area contributed by atoms with Crippen LogP contribution in [0.5, 0.6) is 0 Å². The zero-order valence-electron chi connectivity index (χ0n) is 32.8.